The molecule has 6 nitrogen and oxygen atoms in total. The van der Waals surface area contributed by atoms with Crippen molar-refractivity contribution in [3.05, 3.63) is 64.3 Å². The van der Waals surface area contributed by atoms with Crippen LogP contribution >= 0.6 is 0 Å². The van der Waals surface area contributed by atoms with Crippen molar-refractivity contribution in [3.63, 3.8) is 0 Å². The van der Waals surface area contributed by atoms with E-state index in [4.69, 9.17) is 0 Å². The van der Waals surface area contributed by atoms with Crippen molar-refractivity contribution in [1.29, 1.82) is 5.26 Å². The molecule has 7 heteroatoms. The molecule has 0 fully saturated rings. The zero-order chi connectivity index (χ0) is 23.3. The number of rotatable bonds is 6. The first-order valence-corrected chi connectivity index (χ1v) is 12.5. The number of nitriles is 1. The number of sulfone groups is 1. The van der Waals surface area contributed by atoms with E-state index >= 15 is 0 Å². The Labute approximate surface area is 188 Å². The molecule has 0 spiro atoms. The van der Waals surface area contributed by atoms with Crippen LogP contribution in [0, 0.1) is 11.3 Å². The van der Waals surface area contributed by atoms with Crippen LogP contribution in [0.15, 0.2) is 41.3 Å². The van der Waals surface area contributed by atoms with Gasteiger partial charge in [-0.3, -0.25) is 4.79 Å². The van der Waals surface area contributed by atoms with E-state index < -0.39 is 15.3 Å². The molecular formula is C25H27N3O3S. The van der Waals surface area contributed by atoms with Crippen LogP contribution < -0.4 is 0 Å². The second-order valence-corrected chi connectivity index (χ2v) is 10.9. The molecule has 1 N–H and O–H groups in total. The Morgan fingerprint density at radius 3 is 2.47 bits per heavy atom. The predicted octanol–water partition coefficient (Wildman–Crippen LogP) is 4.03. The maximum Gasteiger partial charge on any atom is 0.195 e. The smallest absolute Gasteiger partial charge is 0.195 e. The average molecular weight is 450 g/mol. The van der Waals surface area contributed by atoms with Crippen molar-refractivity contribution < 1.29 is 13.2 Å². The van der Waals surface area contributed by atoms with Crippen molar-refractivity contribution in [2.45, 2.75) is 38.0 Å². The zero-order valence-electron chi connectivity index (χ0n) is 18.8. The number of H-pyrrole nitrogens is 1. The summed E-state index contributed by atoms with van der Waals surface area (Å²) in [4.78, 5) is 19.1. The van der Waals surface area contributed by atoms with Crippen LogP contribution in [0.1, 0.15) is 60.4 Å². The van der Waals surface area contributed by atoms with Gasteiger partial charge in [-0.2, -0.15) is 5.26 Å². The molecule has 1 aliphatic rings. The third-order valence-corrected chi connectivity index (χ3v) is 8.31. The lowest BCUT2D eigenvalue weighted by Crippen LogP contribution is -2.31. The number of hydrogen-bond donors (Lipinski definition) is 1. The number of nitrogens with zero attached hydrogens (tertiary/aromatic N) is 2. The van der Waals surface area contributed by atoms with E-state index in [2.05, 4.69) is 16.0 Å². The fourth-order valence-electron chi connectivity index (χ4n) is 4.58. The molecule has 0 radical (unpaired) electrons. The molecule has 0 amide bonds. The SMILES string of the molecule is CCN(CC)CCS(=O)(=O)c1ccc2c(c1)C(C)(C)c1[nH]c3cc(C#N)ccc3c1C2=O. The molecular weight excluding hydrogens is 422 g/mol. The highest BCUT2D eigenvalue weighted by Gasteiger charge is 2.40. The minimum atomic E-state index is -3.49. The Balaban J connectivity index is 1.80. The fraction of sp³-hybridized carbons (Fsp3) is 0.360. The highest BCUT2D eigenvalue weighted by atomic mass is 32.2. The summed E-state index contributed by atoms with van der Waals surface area (Å²) in [7, 11) is -3.49. The summed E-state index contributed by atoms with van der Waals surface area (Å²) in [6.45, 7) is 10.1. The molecule has 166 valence electrons. The summed E-state index contributed by atoms with van der Waals surface area (Å²) in [6, 6.07) is 12.2. The van der Waals surface area contributed by atoms with Crippen LogP contribution in [0.4, 0.5) is 0 Å². The van der Waals surface area contributed by atoms with Crippen LogP contribution in [0.3, 0.4) is 0 Å². The molecule has 0 unspecified atom stereocenters. The molecule has 4 rings (SSSR count). The van der Waals surface area contributed by atoms with E-state index in [1.165, 1.54) is 0 Å². The molecule has 0 aliphatic heterocycles. The van der Waals surface area contributed by atoms with Gasteiger partial charge in [0.2, 0.25) is 0 Å². The van der Waals surface area contributed by atoms with E-state index in [0.29, 0.717) is 28.8 Å². The van der Waals surface area contributed by atoms with Gasteiger partial charge in [-0.25, -0.2) is 8.42 Å². The highest BCUT2D eigenvalue weighted by molar-refractivity contribution is 7.91. The molecule has 3 aromatic rings. The van der Waals surface area contributed by atoms with Gasteiger partial charge in [-0.15, -0.1) is 0 Å². The third-order valence-electron chi connectivity index (χ3n) is 6.62. The lowest BCUT2D eigenvalue weighted by molar-refractivity contribution is 0.103. The minimum absolute atomic E-state index is 0.0381. The largest absolute Gasteiger partial charge is 0.357 e. The fourth-order valence-corrected chi connectivity index (χ4v) is 5.89. The van der Waals surface area contributed by atoms with Gasteiger partial charge in [0.05, 0.1) is 27.8 Å². The number of benzene rings is 2. The van der Waals surface area contributed by atoms with Gasteiger partial charge in [0.1, 0.15) is 0 Å². The van der Waals surface area contributed by atoms with Crippen LogP contribution in [0.5, 0.6) is 0 Å². The summed E-state index contributed by atoms with van der Waals surface area (Å²) in [5, 5.41) is 10.00. The van der Waals surface area contributed by atoms with Crippen molar-refractivity contribution >= 4 is 26.5 Å². The predicted molar refractivity (Wildman–Crippen MR) is 125 cm³/mol. The first-order valence-electron chi connectivity index (χ1n) is 10.8. The zero-order valence-corrected chi connectivity index (χ0v) is 19.6. The Morgan fingerprint density at radius 1 is 1.09 bits per heavy atom. The lowest BCUT2D eigenvalue weighted by atomic mass is 9.71. The maximum absolute atomic E-state index is 13.4. The third kappa shape index (κ3) is 3.44. The van der Waals surface area contributed by atoms with Crippen molar-refractivity contribution in [3.8, 4) is 6.07 Å². The van der Waals surface area contributed by atoms with Gasteiger partial charge in [0, 0.05) is 34.1 Å². The van der Waals surface area contributed by atoms with Crippen molar-refractivity contribution in [1.82, 2.24) is 9.88 Å². The second-order valence-electron chi connectivity index (χ2n) is 8.75. The van der Waals surface area contributed by atoms with E-state index in [-0.39, 0.29) is 16.4 Å². The van der Waals surface area contributed by atoms with Crippen molar-refractivity contribution in [2.24, 2.45) is 0 Å². The number of fused-ring (bicyclic) bond motifs is 4. The Morgan fingerprint density at radius 2 is 1.81 bits per heavy atom. The standard InChI is InChI=1S/C25H27N3O3S/c1-5-28(6-2)11-12-32(30,31)17-8-10-18-20(14-17)25(3,4)24-22(23(18)29)19-9-7-16(15-26)13-21(19)27-24/h7-10,13-14,27H,5-6,11-12H2,1-4H3. The number of ketones is 1. The number of hydrogen-bond acceptors (Lipinski definition) is 5. The molecule has 0 bridgehead atoms. The minimum Gasteiger partial charge on any atom is -0.357 e. The number of aromatic amines is 1. The first-order chi connectivity index (χ1) is 15.1. The molecule has 1 heterocycles. The van der Waals surface area contributed by atoms with Gasteiger partial charge in [0.25, 0.3) is 0 Å². The number of nitrogens with one attached hydrogen (secondary N) is 1. The Bertz CT molecular complexity index is 1370. The van der Waals surface area contributed by atoms with Gasteiger partial charge in [0.15, 0.2) is 15.6 Å². The van der Waals surface area contributed by atoms with E-state index in [0.717, 1.165) is 29.7 Å². The quantitative estimate of drug-likeness (QED) is 0.613. The summed E-state index contributed by atoms with van der Waals surface area (Å²) < 4.78 is 26.1. The number of aromatic nitrogens is 1. The van der Waals surface area contributed by atoms with Gasteiger partial charge >= 0.3 is 0 Å². The van der Waals surface area contributed by atoms with Crippen LogP contribution in [0.2, 0.25) is 0 Å². The Kier molecular flexibility index (Phi) is 5.48. The van der Waals surface area contributed by atoms with Gasteiger partial charge < -0.3 is 9.88 Å². The molecule has 2 aromatic carbocycles. The van der Waals surface area contributed by atoms with Gasteiger partial charge in [-0.05, 0) is 49.0 Å². The highest BCUT2D eigenvalue weighted by Crippen LogP contribution is 2.44. The monoisotopic (exact) mass is 449 g/mol. The van der Waals surface area contributed by atoms with Crippen LogP contribution in [0.25, 0.3) is 10.9 Å². The van der Waals surface area contributed by atoms with E-state index in [1.54, 1.807) is 36.4 Å². The summed E-state index contributed by atoms with van der Waals surface area (Å²) >= 11 is 0. The lowest BCUT2D eigenvalue weighted by Gasteiger charge is -2.32. The summed E-state index contributed by atoms with van der Waals surface area (Å²) in [5.41, 5.74) is 3.21. The first kappa shape index (κ1) is 22.3. The molecule has 1 aromatic heterocycles. The van der Waals surface area contributed by atoms with E-state index in [1.807, 2.05) is 27.7 Å². The van der Waals surface area contributed by atoms with Gasteiger partial charge in [-0.1, -0.05) is 33.8 Å². The second kappa shape index (κ2) is 7.88. The number of carbonyl (C=O) groups is 1. The summed E-state index contributed by atoms with van der Waals surface area (Å²) in [5.74, 6) is -0.0893. The van der Waals surface area contributed by atoms with Crippen LogP contribution in [-0.2, 0) is 15.3 Å². The molecule has 0 atom stereocenters. The normalized spacial score (nSPS) is 14.9. The maximum atomic E-state index is 13.4. The molecule has 1 aliphatic carbocycles. The summed E-state index contributed by atoms with van der Waals surface area (Å²) in [6.07, 6.45) is 0. The molecule has 0 saturated heterocycles. The average Bonchev–Trinajstić information content (AvgIpc) is 3.18. The van der Waals surface area contributed by atoms with E-state index in [9.17, 15) is 18.5 Å². The Hall–Kier alpha value is -2.95. The van der Waals surface area contributed by atoms with Crippen molar-refractivity contribution in [2.75, 3.05) is 25.4 Å². The van der Waals surface area contributed by atoms with Crippen LogP contribution in [-0.4, -0.2) is 49.5 Å². The number of carbonyl (C=O) groups excluding carboxylic acids is 1. The molecule has 32 heavy (non-hydrogen) atoms. The topological polar surface area (TPSA) is 94.0 Å². The molecule has 0 saturated carbocycles.